The van der Waals surface area contributed by atoms with Crippen LogP contribution in [-0.2, 0) is 22.4 Å². The molecule has 3 aromatic rings. The molecule has 4 rings (SSSR count). The normalized spacial score (nSPS) is 14.5. The Morgan fingerprint density at radius 3 is 2.42 bits per heavy atom. The highest BCUT2D eigenvalue weighted by Crippen LogP contribution is 2.30. The number of nitrogens with zero attached hydrogens (tertiary/aromatic N) is 1. The Bertz CT molecular complexity index is 1190. The van der Waals surface area contributed by atoms with Crippen molar-refractivity contribution >= 4 is 23.2 Å². The first kappa shape index (κ1) is 27.5. The largest absolute Gasteiger partial charge is 0.508 e. The highest BCUT2D eigenvalue weighted by atomic mass is 32.1. The van der Waals surface area contributed by atoms with Gasteiger partial charge in [0.15, 0.2) is 11.5 Å². The molecule has 1 unspecified atom stereocenters. The van der Waals surface area contributed by atoms with Crippen LogP contribution in [0, 0.1) is 0 Å². The number of amides is 2. The third-order valence-electron chi connectivity index (χ3n) is 7.04. The van der Waals surface area contributed by atoms with Crippen molar-refractivity contribution in [2.45, 2.75) is 57.0 Å². The van der Waals surface area contributed by atoms with E-state index < -0.39 is 6.04 Å². The van der Waals surface area contributed by atoms with Crippen LogP contribution in [0.25, 0.3) is 0 Å². The Kier molecular flexibility index (Phi) is 9.65. The van der Waals surface area contributed by atoms with Gasteiger partial charge >= 0.3 is 0 Å². The van der Waals surface area contributed by atoms with Gasteiger partial charge in [-0.2, -0.15) is 0 Å². The molecule has 2 aromatic carbocycles. The number of ether oxygens (including phenoxy) is 2. The van der Waals surface area contributed by atoms with Crippen molar-refractivity contribution < 1.29 is 24.2 Å². The van der Waals surface area contributed by atoms with Crippen molar-refractivity contribution in [2.75, 3.05) is 20.8 Å². The number of phenolic OH excluding ortho intramolecular Hbond substituents is 1. The zero-order valence-corrected chi connectivity index (χ0v) is 22.8. The third-order valence-corrected chi connectivity index (χ3v) is 7.91. The number of benzene rings is 2. The standard InChI is InChI=1S/C30H36N2O5S/c1-36-26-15-10-21(19-27(26)37-2)16-17-32(28(34)20-25-9-6-18-38-25)29(22-11-13-24(33)14-12-22)30(35)31-23-7-4-3-5-8-23/h6,9-15,18-19,23,29,33H,3-5,7-8,16-17,20H2,1-2H3,(H,31,35). The summed E-state index contributed by atoms with van der Waals surface area (Å²) in [4.78, 5) is 30.3. The van der Waals surface area contributed by atoms with Crippen LogP contribution in [0.1, 0.15) is 54.1 Å². The summed E-state index contributed by atoms with van der Waals surface area (Å²) in [5.41, 5.74) is 1.64. The number of phenols is 1. The summed E-state index contributed by atoms with van der Waals surface area (Å²) < 4.78 is 10.8. The maximum Gasteiger partial charge on any atom is 0.247 e. The average molecular weight is 537 g/mol. The molecule has 202 valence electrons. The van der Waals surface area contributed by atoms with Gasteiger partial charge in [-0.3, -0.25) is 9.59 Å². The first-order valence-electron chi connectivity index (χ1n) is 13.1. The van der Waals surface area contributed by atoms with Crippen molar-refractivity contribution in [3.8, 4) is 17.2 Å². The minimum Gasteiger partial charge on any atom is -0.508 e. The quantitative estimate of drug-likeness (QED) is 0.348. The van der Waals surface area contributed by atoms with Gasteiger partial charge in [0.05, 0.1) is 20.6 Å². The van der Waals surface area contributed by atoms with Gasteiger partial charge in [-0.15, -0.1) is 11.3 Å². The molecule has 1 aliphatic carbocycles. The Labute approximate surface area is 228 Å². The number of nitrogens with one attached hydrogen (secondary N) is 1. The van der Waals surface area contributed by atoms with Crippen LogP contribution in [0.3, 0.4) is 0 Å². The smallest absolute Gasteiger partial charge is 0.247 e. The molecule has 0 radical (unpaired) electrons. The van der Waals surface area contributed by atoms with E-state index in [1.165, 1.54) is 17.8 Å². The van der Waals surface area contributed by atoms with E-state index in [4.69, 9.17) is 9.47 Å². The molecular formula is C30H36N2O5S. The van der Waals surface area contributed by atoms with Crippen molar-refractivity contribution in [1.82, 2.24) is 10.2 Å². The number of rotatable bonds is 11. The molecule has 0 bridgehead atoms. The van der Waals surface area contributed by atoms with Gasteiger partial charge in [0, 0.05) is 17.5 Å². The first-order valence-corrected chi connectivity index (χ1v) is 14.0. The highest BCUT2D eigenvalue weighted by Gasteiger charge is 2.33. The van der Waals surface area contributed by atoms with Gasteiger partial charge in [0.1, 0.15) is 11.8 Å². The van der Waals surface area contributed by atoms with E-state index >= 15 is 0 Å². The van der Waals surface area contributed by atoms with Crippen molar-refractivity contribution in [1.29, 1.82) is 0 Å². The molecule has 1 fully saturated rings. The van der Waals surface area contributed by atoms with Gasteiger partial charge in [-0.25, -0.2) is 0 Å². The van der Waals surface area contributed by atoms with Crippen LogP contribution in [0.4, 0.5) is 0 Å². The van der Waals surface area contributed by atoms with Crippen LogP contribution in [0.15, 0.2) is 60.0 Å². The summed E-state index contributed by atoms with van der Waals surface area (Å²) in [6.45, 7) is 0.337. The number of carbonyl (C=O) groups is 2. The van der Waals surface area contributed by atoms with E-state index in [0.29, 0.717) is 30.0 Å². The maximum atomic E-state index is 13.8. The topological polar surface area (TPSA) is 88.1 Å². The fraction of sp³-hybridized carbons (Fsp3) is 0.400. The van der Waals surface area contributed by atoms with Crippen LogP contribution < -0.4 is 14.8 Å². The zero-order chi connectivity index (χ0) is 26.9. The molecule has 1 heterocycles. The minimum absolute atomic E-state index is 0.107. The minimum atomic E-state index is -0.815. The number of hydrogen-bond acceptors (Lipinski definition) is 6. The second kappa shape index (κ2) is 13.3. The molecule has 1 saturated carbocycles. The molecule has 0 spiro atoms. The van der Waals surface area contributed by atoms with E-state index in [1.807, 2.05) is 35.7 Å². The molecule has 0 saturated heterocycles. The fourth-order valence-corrected chi connectivity index (χ4v) is 5.70. The molecule has 8 heteroatoms. The molecule has 1 aliphatic rings. The van der Waals surface area contributed by atoms with Crippen molar-refractivity contribution in [3.05, 3.63) is 76.0 Å². The SMILES string of the molecule is COc1ccc(CCN(C(=O)Cc2cccs2)C(C(=O)NC2CCCCC2)c2ccc(O)cc2)cc1OC. The molecule has 2 amide bonds. The Balaban J connectivity index is 1.65. The zero-order valence-electron chi connectivity index (χ0n) is 22.0. The monoisotopic (exact) mass is 536 g/mol. The number of methoxy groups -OCH3 is 2. The summed E-state index contributed by atoms with van der Waals surface area (Å²) >= 11 is 1.53. The Morgan fingerprint density at radius 1 is 1.03 bits per heavy atom. The lowest BCUT2D eigenvalue weighted by Gasteiger charge is -2.33. The fourth-order valence-electron chi connectivity index (χ4n) is 5.00. The summed E-state index contributed by atoms with van der Waals surface area (Å²) in [7, 11) is 3.19. The number of aromatic hydroxyl groups is 1. The summed E-state index contributed by atoms with van der Waals surface area (Å²) in [5.74, 6) is 1.06. The predicted octanol–water partition coefficient (Wildman–Crippen LogP) is 5.27. The molecule has 38 heavy (non-hydrogen) atoms. The van der Waals surface area contributed by atoms with Crippen LogP contribution in [0.2, 0.25) is 0 Å². The van der Waals surface area contributed by atoms with Crippen molar-refractivity contribution in [2.24, 2.45) is 0 Å². The lowest BCUT2D eigenvalue weighted by Crippen LogP contribution is -2.48. The Hall–Kier alpha value is -3.52. The number of carbonyl (C=O) groups excluding carboxylic acids is 2. The Morgan fingerprint density at radius 2 is 1.76 bits per heavy atom. The lowest BCUT2D eigenvalue weighted by molar-refractivity contribution is -0.140. The molecule has 1 atom stereocenters. The predicted molar refractivity (Wildman–Crippen MR) is 149 cm³/mol. The van der Waals surface area contributed by atoms with Gasteiger partial charge in [-0.1, -0.05) is 43.5 Å². The number of hydrogen-bond donors (Lipinski definition) is 2. The van der Waals surface area contributed by atoms with E-state index in [0.717, 1.165) is 36.1 Å². The van der Waals surface area contributed by atoms with Gasteiger partial charge in [-0.05, 0) is 66.1 Å². The second-order valence-electron chi connectivity index (χ2n) is 9.62. The summed E-state index contributed by atoms with van der Waals surface area (Å²) in [6.07, 6.45) is 6.01. The number of thiophene rings is 1. The van der Waals surface area contributed by atoms with E-state index in [1.54, 1.807) is 43.4 Å². The van der Waals surface area contributed by atoms with Crippen LogP contribution in [-0.4, -0.2) is 48.6 Å². The van der Waals surface area contributed by atoms with Crippen LogP contribution in [0.5, 0.6) is 17.2 Å². The third kappa shape index (κ3) is 7.07. The van der Waals surface area contributed by atoms with Gasteiger partial charge < -0.3 is 24.8 Å². The average Bonchev–Trinajstić information content (AvgIpc) is 3.45. The maximum absolute atomic E-state index is 13.8. The van der Waals surface area contributed by atoms with E-state index in [2.05, 4.69) is 5.32 Å². The molecule has 2 N–H and O–H groups in total. The van der Waals surface area contributed by atoms with Crippen molar-refractivity contribution in [3.63, 3.8) is 0 Å². The molecule has 7 nitrogen and oxygen atoms in total. The van der Waals surface area contributed by atoms with E-state index in [9.17, 15) is 14.7 Å². The summed E-state index contributed by atoms with van der Waals surface area (Å²) in [6, 6.07) is 15.4. The first-order chi connectivity index (χ1) is 18.5. The molecule has 1 aromatic heterocycles. The summed E-state index contributed by atoms with van der Waals surface area (Å²) in [5, 5.41) is 15.1. The highest BCUT2D eigenvalue weighted by molar-refractivity contribution is 7.10. The van der Waals surface area contributed by atoms with Crippen LogP contribution >= 0.6 is 11.3 Å². The molecular weight excluding hydrogens is 500 g/mol. The second-order valence-corrected chi connectivity index (χ2v) is 10.7. The van der Waals surface area contributed by atoms with E-state index in [-0.39, 0.29) is 30.0 Å². The van der Waals surface area contributed by atoms with Gasteiger partial charge in [0.2, 0.25) is 11.8 Å². The molecule has 0 aliphatic heterocycles. The lowest BCUT2D eigenvalue weighted by atomic mass is 9.94. The van der Waals surface area contributed by atoms with Gasteiger partial charge in [0.25, 0.3) is 0 Å².